The first-order valence-electron chi connectivity index (χ1n) is 6.97. The molecule has 2 rings (SSSR count). The Morgan fingerprint density at radius 2 is 2.00 bits per heavy atom. The van der Waals surface area contributed by atoms with E-state index in [-0.39, 0.29) is 0 Å². The Morgan fingerprint density at radius 1 is 1.35 bits per heavy atom. The summed E-state index contributed by atoms with van der Waals surface area (Å²) >= 11 is 0. The molecule has 1 aromatic heterocycles. The first kappa shape index (κ1) is 15.8. The van der Waals surface area contributed by atoms with E-state index >= 15 is 0 Å². The van der Waals surface area contributed by atoms with Crippen molar-refractivity contribution < 1.29 is 9.47 Å². The minimum atomic E-state index is -0.788. The van der Waals surface area contributed by atoms with E-state index in [0.717, 1.165) is 24.8 Å². The van der Waals surface area contributed by atoms with Crippen molar-refractivity contribution in [1.82, 2.24) is 15.0 Å². The second-order valence-electron chi connectivity index (χ2n) is 6.90. The standard InChI is InChI=1S/C14H27N3O2S/c1-14(2,3)20(5,6)10-19-9-12-13(11-7-18-8-11)17(4)16-15-12/h11H,7-10H2,1-6H3. The molecule has 0 radical (unpaired) electrons. The summed E-state index contributed by atoms with van der Waals surface area (Å²) in [6.07, 6.45) is 4.65. The lowest BCUT2D eigenvalue weighted by Crippen LogP contribution is -2.28. The Kier molecular flexibility index (Phi) is 4.47. The molecule has 0 saturated carbocycles. The van der Waals surface area contributed by atoms with Crippen molar-refractivity contribution in [3.05, 3.63) is 11.4 Å². The van der Waals surface area contributed by atoms with Crippen LogP contribution < -0.4 is 0 Å². The summed E-state index contributed by atoms with van der Waals surface area (Å²) in [5.41, 5.74) is 2.13. The van der Waals surface area contributed by atoms with Crippen molar-refractivity contribution in [1.29, 1.82) is 0 Å². The maximum Gasteiger partial charge on any atom is 0.112 e. The molecule has 0 atom stereocenters. The summed E-state index contributed by atoms with van der Waals surface area (Å²) in [6, 6.07) is 0. The molecule has 6 heteroatoms. The molecule has 0 N–H and O–H groups in total. The number of hydrogen-bond donors (Lipinski definition) is 0. The van der Waals surface area contributed by atoms with Gasteiger partial charge in [0, 0.05) is 13.0 Å². The van der Waals surface area contributed by atoms with Gasteiger partial charge in [0.2, 0.25) is 0 Å². The molecule has 20 heavy (non-hydrogen) atoms. The van der Waals surface area contributed by atoms with Crippen molar-refractivity contribution in [2.45, 2.75) is 38.0 Å². The van der Waals surface area contributed by atoms with Gasteiger partial charge in [-0.05, 0) is 17.3 Å². The number of ether oxygens (including phenoxy) is 2. The Morgan fingerprint density at radius 3 is 2.50 bits per heavy atom. The van der Waals surface area contributed by atoms with Gasteiger partial charge in [-0.2, -0.15) is 0 Å². The quantitative estimate of drug-likeness (QED) is 0.837. The molecule has 0 aliphatic carbocycles. The Bertz CT molecular complexity index is 461. The van der Waals surface area contributed by atoms with Gasteiger partial charge >= 0.3 is 0 Å². The summed E-state index contributed by atoms with van der Waals surface area (Å²) in [5.74, 6) is 1.23. The number of aryl methyl sites for hydroxylation is 1. The van der Waals surface area contributed by atoms with Gasteiger partial charge in [-0.25, -0.2) is 10.0 Å². The van der Waals surface area contributed by atoms with Gasteiger partial charge in [-0.3, -0.25) is 4.68 Å². The first-order chi connectivity index (χ1) is 9.22. The highest BCUT2D eigenvalue weighted by atomic mass is 32.3. The lowest BCUT2D eigenvalue weighted by molar-refractivity contribution is 0.00416. The van der Waals surface area contributed by atoms with Crippen LogP contribution in [0.2, 0.25) is 0 Å². The summed E-state index contributed by atoms with van der Waals surface area (Å²) in [4.78, 5) is 0. The van der Waals surface area contributed by atoms with Gasteiger partial charge in [0.25, 0.3) is 0 Å². The summed E-state index contributed by atoms with van der Waals surface area (Å²) < 4.78 is 13.4. The SMILES string of the molecule is Cn1nnc(COCS(C)(C)C(C)(C)C)c1C1COC1. The zero-order valence-electron chi connectivity index (χ0n) is 13.5. The summed E-state index contributed by atoms with van der Waals surface area (Å²) in [7, 11) is 1.15. The first-order valence-corrected chi connectivity index (χ1v) is 9.59. The van der Waals surface area contributed by atoms with Gasteiger partial charge < -0.3 is 9.47 Å². The molecule has 2 heterocycles. The highest BCUT2D eigenvalue weighted by Crippen LogP contribution is 2.52. The molecule has 1 saturated heterocycles. The van der Waals surface area contributed by atoms with E-state index in [1.807, 2.05) is 11.7 Å². The monoisotopic (exact) mass is 301 g/mol. The van der Waals surface area contributed by atoms with Crippen LogP contribution in [0.3, 0.4) is 0 Å². The number of aromatic nitrogens is 3. The molecule has 1 aromatic rings. The fourth-order valence-electron chi connectivity index (χ4n) is 1.93. The third kappa shape index (κ3) is 3.18. The van der Waals surface area contributed by atoms with E-state index in [4.69, 9.17) is 9.47 Å². The summed E-state index contributed by atoms with van der Waals surface area (Å²) in [6.45, 7) is 8.94. The number of hydrogen-bond acceptors (Lipinski definition) is 4. The molecule has 5 nitrogen and oxygen atoms in total. The molecule has 0 spiro atoms. The van der Waals surface area contributed by atoms with E-state index in [1.165, 1.54) is 5.69 Å². The van der Waals surface area contributed by atoms with E-state index in [2.05, 4.69) is 43.6 Å². The topological polar surface area (TPSA) is 49.2 Å². The van der Waals surface area contributed by atoms with Crippen molar-refractivity contribution >= 4 is 10.0 Å². The molecular weight excluding hydrogens is 274 g/mol. The minimum Gasteiger partial charge on any atom is -0.380 e. The van der Waals surface area contributed by atoms with E-state index in [1.54, 1.807) is 0 Å². The van der Waals surface area contributed by atoms with E-state index in [9.17, 15) is 0 Å². The zero-order valence-corrected chi connectivity index (χ0v) is 14.3. The van der Waals surface area contributed by atoms with Crippen molar-refractivity contribution in [2.24, 2.45) is 7.05 Å². The fourth-order valence-corrected chi connectivity index (χ4v) is 2.78. The molecule has 1 aliphatic rings. The maximum absolute atomic E-state index is 5.96. The molecular formula is C14H27N3O2S. The molecule has 0 unspecified atom stereocenters. The highest BCUT2D eigenvalue weighted by molar-refractivity contribution is 8.33. The van der Waals surface area contributed by atoms with Crippen LogP contribution in [0.4, 0.5) is 0 Å². The second kappa shape index (κ2) is 5.66. The second-order valence-corrected chi connectivity index (χ2v) is 11.4. The Hall–Kier alpha value is -0.590. The van der Waals surface area contributed by atoms with Crippen LogP contribution >= 0.6 is 10.0 Å². The van der Waals surface area contributed by atoms with Gasteiger partial charge in [0.1, 0.15) is 5.69 Å². The van der Waals surface area contributed by atoms with Crippen LogP contribution in [-0.4, -0.2) is 51.4 Å². The lowest BCUT2D eigenvalue weighted by Gasteiger charge is -2.44. The Balaban J connectivity index is 1.95. The third-order valence-corrected chi connectivity index (χ3v) is 8.31. The largest absolute Gasteiger partial charge is 0.380 e. The van der Waals surface area contributed by atoms with Crippen LogP contribution in [-0.2, 0) is 23.1 Å². The van der Waals surface area contributed by atoms with Gasteiger partial charge in [-0.1, -0.05) is 26.0 Å². The molecule has 116 valence electrons. The lowest BCUT2D eigenvalue weighted by atomic mass is 10.0. The summed E-state index contributed by atoms with van der Waals surface area (Å²) in [5, 5.41) is 8.36. The fraction of sp³-hybridized carbons (Fsp3) is 0.857. The normalized spacial score (nSPS) is 18.1. The van der Waals surface area contributed by atoms with Gasteiger partial charge in [-0.15, -0.1) is 5.10 Å². The number of nitrogens with zero attached hydrogens (tertiary/aromatic N) is 3. The third-order valence-electron chi connectivity index (χ3n) is 4.24. The van der Waals surface area contributed by atoms with Crippen LogP contribution in [0.1, 0.15) is 38.1 Å². The Labute approximate surface area is 123 Å². The average molecular weight is 301 g/mol. The van der Waals surface area contributed by atoms with Crippen LogP contribution in [0, 0.1) is 0 Å². The van der Waals surface area contributed by atoms with Crippen LogP contribution in [0.15, 0.2) is 0 Å². The predicted molar refractivity (Wildman–Crippen MR) is 83.4 cm³/mol. The minimum absolute atomic E-state index is 0.292. The van der Waals surface area contributed by atoms with Crippen molar-refractivity contribution in [2.75, 3.05) is 31.7 Å². The maximum atomic E-state index is 5.96. The van der Waals surface area contributed by atoms with Gasteiger partial charge in [0.15, 0.2) is 0 Å². The van der Waals surface area contributed by atoms with Crippen LogP contribution in [0.25, 0.3) is 0 Å². The zero-order chi connectivity index (χ0) is 15.0. The van der Waals surface area contributed by atoms with Gasteiger partial charge in [0.05, 0.1) is 31.5 Å². The highest BCUT2D eigenvalue weighted by Gasteiger charge is 2.30. The molecule has 0 bridgehead atoms. The molecule has 0 aromatic carbocycles. The molecule has 1 aliphatic heterocycles. The predicted octanol–water partition coefficient (Wildman–Crippen LogP) is 2.27. The number of rotatable bonds is 5. The van der Waals surface area contributed by atoms with E-state index < -0.39 is 10.0 Å². The average Bonchev–Trinajstić information content (AvgIpc) is 2.58. The smallest absolute Gasteiger partial charge is 0.112 e. The van der Waals surface area contributed by atoms with E-state index in [0.29, 0.717) is 17.3 Å². The van der Waals surface area contributed by atoms with Crippen molar-refractivity contribution in [3.8, 4) is 0 Å². The molecule has 1 fully saturated rings. The molecule has 0 amide bonds. The van der Waals surface area contributed by atoms with Crippen LogP contribution in [0.5, 0.6) is 0 Å². The van der Waals surface area contributed by atoms with Crippen molar-refractivity contribution in [3.63, 3.8) is 0 Å².